The molecule has 11 heteroatoms. The second-order valence-electron chi connectivity index (χ2n) is 14.3. The first-order chi connectivity index (χ1) is 23.5. The summed E-state index contributed by atoms with van der Waals surface area (Å²) in [5, 5.41) is 16.1. The summed E-state index contributed by atoms with van der Waals surface area (Å²) >= 11 is 0. The van der Waals surface area contributed by atoms with Crippen LogP contribution in [0.3, 0.4) is 0 Å². The standard InChI is InChI=1S/C38H44N4O6Si/c1-25-36(49(2,3)47)33(22-35(45)40-20-10-15-29(40)24-43)48-38(25)30-16-7-8-17-32(30)41(37(38)46)23-26-11-9-14-28(21-26)42-34(44)19-18-31(39-42)27-12-5-4-6-13-27/h4-9,11-14,16-17,21,25,29,33,36,43,47H,10,15,18-20,22-24H2,1-3H3/t25-,29-,33+,36-,38+/m0/s1. The molecule has 3 aromatic rings. The highest BCUT2D eigenvalue weighted by atomic mass is 28.4. The number of nitrogens with zero attached hydrogens (tertiary/aromatic N) is 4. The molecule has 0 unspecified atom stereocenters. The van der Waals surface area contributed by atoms with Gasteiger partial charge in [-0.3, -0.25) is 14.4 Å². The zero-order chi connectivity index (χ0) is 34.5. The van der Waals surface area contributed by atoms with Crippen LogP contribution in [0.4, 0.5) is 11.4 Å². The zero-order valence-corrected chi connectivity index (χ0v) is 29.3. The average Bonchev–Trinajstić information content (AvgIpc) is 3.76. The number of aliphatic hydroxyl groups excluding tert-OH is 1. The Morgan fingerprint density at radius 2 is 1.78 bits per heavy atom. The van der Waals surface area contributed by atoms with Gasteiger partial charge in [-0.2, -0.15) is 5.10 Å². The largest absolute Gasteiger partial charge is 0.432 e. The van der Waals surface area contributed by atoms with Gasteiger partial charge in [0.25, 0.3) is 5.91 Å². The van der Waals surface area contributed by atoms with E-state index in [2.05, 4.69) is 0 Å². The number of para-hydroxylation sites is 1. The van der Waals surface area contributed by atoms with E-state index in [4.69, 9.17) is 9.84 Å². The van der Waals surface area contributed by atoms with E-state index >= 15 is 0 Å². The predicted octanol–water partition coefficient (Wildman–Crippen LogP) is 4.94. The summed E-state index contributed by atoms with van der Waals surface area (Å²) in [5.41, 5.74) is 2.99. The minimum Gasteiger partial charge on any atom is -0.432 e. The molecule has 256 valence electrons. The molecule has 10 nitrogen and oxygen atoms in total. The molecule has 0 radical (unpaired) electrons. The van der Waals surface area contributed by atoms with E-state index in [-0.39, 0.29) is 48.9 Å². The Hall–Kier alpha value is -4.16. The third-order valence-corrected chi connectivity index (χ3v) is 13.3. The summed E-state index contributed by atoms with van der Waals surface area (Å²) in [4.78, 5) is 56.6. The van der Waals surface area contributed by atoms with Gasteiger partial charge in [0, 0.05) is 36.4 Å². The summed E-state index contributed by atoms with van der Waals surface area (Å²) in [6, 6.07) is 24.8. The zero-order valence-electron chi connectivity index (χ0n) is 28.3. The number of anilines is 2. The number of amides is 3. The Bertz CT molecular complexity index is 1790. The van der Waals surface area contributed by atoms with E-state index in [1.165, 1.54) is 5.01 Å². The monoisotopic (exact) mass is 680 g/mol. The third-order valence-electron chi connectivity index (χ3n) is 10.8. The van der Waals surface area contributed by atoms with Crippen molar-refractivity contribution in [2.75, 3.05) is 23.1 Å². The molecule has 0 aliphatic carbocycles. The predicted molar refractivity (Wildman–Crippen MR) is 189 cm³/mol. The number of carbonyl (C=O) groups is 3. The fourth-order valence-corrected chi connectivity index (χ4v) is 11.1. The van der Waals surface area contributed by atoms with Crippen LogP contribution < -0.4 is 9.91 Å². The second-order valence-corrected chi connectivity index (χ2v) is 18.3. The van der Waals surface area contributed by atoms with Crippen molar-refractivity contribution in [1.29, 1.82) is 0 Å². The lowest BCUT2D eigenvalue weighted by Crippen LogP contribution is -2.46. The number of aliphatic hydroxyl groups is 1. The van der Waals surface area contributed by atoms with Crippen molar-refractivity contribution in [3.05, 3.63) is 95.6 Å². The van der Waals surface area contributed by atoms with Crippen LogP contribution in [-0.2, 0) is 31.3 Å². The van der Waals surface area contributed by atoms with Crippen LogP contribution in [0, 0.1) is 5.92 Å². The van der Waals surface area contributed by atoms with Gasteiger partial charge in [-0.1, -0.05) is 67.6 Å². The summed E-state index contributed by atoms with van der Waals surface area (Å²) in [5.74, 6) is -0.830. The Labute approximate surface area is 288 Å². The lowest BCUT2D eigenvalue weighted by Gasteiger charge is -2.32. The van der Waals surface area contributed by atoms with Crippen LogP contribution in [0.5, 0.6) is 0 Å². The van der Waals surface area contributed by atoms with Gasteiger partial charge in [0.2, 0.25) is 11.8 Å². The topological polar surface area (TPSA) is 123 Å². The van der Waals surface area contributed by atoms with Gasteiger partial charge in [0.15, 0.2) is 13.9 Å². The molecule has 2 N–H and O–H groups in total. The van der Waals surface area contributed by atoms with Gasteiger partial charge in [-0.15, -0.1) is 0 Å². The maximum Gasteiger partial charge on any atom is 0.264 e. The fourth-order valence-electron chi connectivity index (χ4n) is 8.59. The van der Waals surface area contributed by atoms with E-state index in [1.54, 1.807) is 9.80 Å². The van der Waals surface area contributed by atoms with Gasteiger partial charge in [0.05, 0.1) is 48.8 Å². The molecule has 0 bridgehead atoms. The van der Waals surface area contributed by atoms with Gasteiger partial charge < -0.3 is 24.4 Å². The number of rotatable bonds is 8. The van der Waals surface area contributed by atoms with Crippen LogP contribution in [0.15, 0.2) is 84.0 Å². The first-order valence-electron chi connectivity index (χ1n) is 17.3. The molecule has 2 saturated heterocycles. The molecule has 1 spiro atoms. The lowest BCUT2D eigenvalue weighted by molar-refractivity contribution is -0.150. The Morgan fingerprint density at radius 1 is 1.02 bits per heavy atom. The minimum absolute atomic E-state index is 0.0388. The van der Waals surface area contributed by atoms with Crippen LogP contribution in [0.1, 0.15) is 55.7 Å². The number of hydrogen-bond acceptors (Lipinski definition) is 7. The summed E-state index contributed by atoms with van der Waals surface area (Å²) in [7, 11) is -2.95. The molecule has 4 heterocycles. The Kier molecular flexibility index (Phi) is 8.81. The Balaban J connectivity index is 1.19. The summed E-state index contributed by atoms with van der Waals surface area (Å²) in [6.07, 6.45) is 1.89. The lowest BCUT2D eigenvalue weighted by atomic mass is 9.82. The van der Waals surface area contributed by atoms with Crippen LogP contribution in [0.2, 0.25) is 18.6 Å². The number of hydrazone groups is 1. The minimum atomic E-state index is -2.95. The SMILES string of the molecule is C[C@H]1[C@H]([Si](C)(C)O)[C@@H](CC(=O)N2CCC[C@H]2CO)O[C@]12C(=O)N(Cc1cccc(N3N=C(c4ccccc4)CCC3=O)c1)c1ccccc12. The number of benzene rings is 3. The Morgan fingerprint density at radius 3 is 2.53 bits per heavy atom. The van der Waals surface area contributed by atoms with E-state index in [1.807, 2.05) is 98.9 Å². The van der Waals surface area contributed by atoms with Gasteiger partial charge in [0.1, 0.15) is 0 Å². The number of fused-ring (bicyclic) bond motifs is 2. The van der Waals surface area contributed by atoms with Gasteiger partial charge in [-0.05, 0) is 55.3 Å². The normalized spacial score (nSPS) is 26.9. The van der Waals surface area contributed by atoms with Crippen LogP contribution in [-0.4, -0.2) is 71.9 Å². The maximum atomic E-state index is 14.8. The smallest absolute Gasteiger partial charge is 0.264 e. The third kappa shape index (κ3) is 5.82. The van der Waals surface area contributed by atoms with Crippen molar-refractivity contribution in [1.82, 2.24) is 4.90 Å². The van der Waals surface area contributed by atoms with E-state index < -0.39 is 25.9 Å². The highest BCUT2D eigenvalue weighted by molar-refractivity contribution is 6.71. The molecule has 49 heavy (non-hydrogen) atoms. The highest BCUT2D eigenvalue weighted by Gasteiger charge is 2.66. The van der Waals surface area contributed by atoms with Gasteiger partial charge >= 0.3 is 0 Å². The molecular weight excluding hydrogens is 637 g/mol. The molecular formula is C38H44N4O6Si. The van der Waals surface area contributed by atoms with Crippen LogP contribution >= 0.6 is 0 Å². The van der Waals surface area contributed by atoms with Crippen LogP contribution in [0.25, 0.3) is 0 Å². The van der Waals surface area contributed by atoms with Crippen molar-refractivity contribution in [2.24, 2.45) is 11.0 Å². The average molecular weight is 681 g/mol. The fraction of sp³-hybridized carbons (Fsp3) is 0.421. The van der Waals surface area contributed by atoms with E-state index in [0.29, 0.717) is 25.1 Å². The summed E-state index contributed by atoms with van der Waals surface area (Å²) in [6.45, 7) is 6.40. The maximum absolute atomic E-state index is 14.8. The van der Waals surface area contributed by atoms with Crippen molar-refractivity contribution in [3.8, 4) is 0 Å². The first-order valence-corrected chi connectivity index (χ1v) is 20.3. The van der Waals surface area contributed by atoms with Gasteiger partial charge in [-0.25, -0.2) is 5.01 Å². The van der Waals surface area contributed by atoms with Crippen molar-refractivity contribution < 1.29 is 29.0 Å². The quantitative estimate of drug-likeness (QED) is 0.325. The van der Waals surface area contributed by atoms with Crippen molar-refractivity contribution in [2.45, 2.75) is 82.0 Å². The molecule has 7 rings (SSSR count). The molecule has 3 amide bonds. The van der Waals surface area contributed by atoms with Crippen molar-refractivity contribution >= 4 is 43.1 Å². The first kappa shape index (κ1) is 33.3. The highest BCUT2D eigenvalue weighted by Crippen LogP contribution is 2.59. The van der Waals surface area contributed by atoms with E-state index in [9.17, 15) is 24.3 Å². The molecule has 3 aromatic carbocycles. The molecule has 0 saturated carbocycles. The number of ether oxygens (including phenoxy) is 1. The second kappa shape index (κ2) is 12.9. The number of hydrogen-bond donors (Lipinski definition) is 2. The van der Waals surface area contributed by atoms with E-state index in [0.717, 1.165) is 40.9 Å². The molecule has 2 fully saturated rings. The molecule has 4 aliphatic rings. The number of carbonyl (C=O) groups excluding carboxylic acids is 3. The molecule has 5 atom stereocenters. The number of likely N-dealkylation sites (tertiary alicyclic amines) is 1. The molecule has 0 aromatic heterocycles. The summed E-state index contributed by atoms with van der Waals surface area (Å²) < 4.78 is 6.86. The molecule has 4 aliphatic heterocycles. The van der Waals surface area contributed by atoms with Crippen molar-refractivity contribution in [3.63, 3.8) is 0 Å².